The molecule has 0 aliphatic heterocycles. The molecule has 0 aromatic carbocycles. The van der Waals surface area contributed by atoms with Gasteiger partial charge < -0.3 is 0 Å². The summed E-state index contributed by atoms with van der Waals surface area (Å²) in [7, 11) is 0. The van der Waals surface area contributed by atoms with E-state index >= 15 is 0 Å². The Morgan fingerprint density at radius 2 is 0.625 bits per heavy atom. The molecule has 0 bridgehead atoms. The molecular formula is C2Li6. The van der Waals surface area contributed by atoms with Crippen LogP contribution in [0.2, 0.25) is 2.87 Å². The quantitative estimate of drug-likeness (QED) is 0.315. The molecule has 0 heterocycles. The molecule has 8 heavy (non-hydrogen) atoms. The molecule has 0 nitrogen and oxygen atoms in total. The third-order valence-electron chi connectivity index (χ3n) is 2.25. The fraction of sp³-hybridized carbons (Fsp3) is 1.00. The molecule has 0 fully saturated rings. The van der Waals surface area contributed by atoms with Crippen LogP contribution in [0.4, 0.5) is 0 Å². The van der Waals surface area contributed by atoms with Crippen molar-refractivity contribution in [3.63, 3.8) is 0 Å². The SMILES string of the molecule is [Li][C]([Li])([Li])[C]([Li])([Li])[Li]. The Balaban J connectivity index is 4.02. The van der Waals surface area contributed by atoms with E-state index < -0.39 is 0 Å². The van der Waals surface area contributed by atoms with E-state index in [0.29, 0.717) is 2.87 Å². The minimum absolute atomic E-state index is 0.437. The second kappa shape index (κ2) is 4.00. The van der Waals surface area contributed by atoms with Crippen LogP contribution < -0.4 is 0 Å². The van der Waals surface area contributed by atoms with Crippen LogP contribution in [0.15, 0.2) is 0 Å². The Morgan fingerprint density at radius 1 is 0.500 bits per heavy atom. The van der Waals surface area contributed by atoms with Gasteiger partial charge in [0.15, 0.2) is 0 Å². The van der Waals surface area contributed by atoms with Crippen LogP contribution in [0.5, 0.6) is 0 Å². The molecule has 0 aliphatic carbocycles. The Hall–Kier alpha value is 3.58. The Morgan fingerprint density at radius 3 is 0.625 bits per heavy atom. The zero-order valence-corrected chi connectivity index (χ0v) is 7.00. The Labute approximate surface area is 107 Å². The van der Waals surface area contributed by atoms with Crippen molar-refractivity contribution in [3.8, 4) is 0 Å². The Bertz CT molecular complexity index is 61.5. The monoisotopic (exact) mass is 66.1 g/mol. The summed E-state index contributed by atoms with van der Waals surface area (Å²) >= 11 is 13.6. The van der Waals surface area contributed by atoms with Gasteiger partial charge in [-0.2, -0.15) is 0 Å². The van der Waals surface area contributed by atoms with Crippen LogP contribution in [0.3, 0.4) is 0 Å². The van der Waals surface area contributed by atoms with E-state index in [-0.39, 0.29) is 0 Å². The molecule has 0 unspecified atom stereocenters. The third kappa shape index (κ3) is 4.46. The van der Waals surface area contributed by atoms with Crippen molar-refractivity contribution < 1.29 is 0 Å². The van der Waals surface area contributed by atoms with Gasteiger partial charge in [-0.25, -0.2) is 0 Å². The minimum atomic E-state index is 0.437. The van der Waals surface area contributed by atoms with Crippen molar-refractivity contribution in [2.75, 3.05) is 0 Å². The molecule has 0 radical (unpaired) electrons. The molecule has 0 N–H and O–H groups in total. The molecule has 14 valence electrons. The van der Waals surface area contributed by atoms with Crippen LogP contribution in [-0.4, -0.2) is 106 Å². The average Bonchev–Trinajstić information content (AvgIpc) is 1.25. The molecule has 6 heteroatoms. The molecule has 0 rings (SSSR count). The van der Waals surface area contributed by atoms with Crippen molar-refractivity contribution >= 4 is 106 Å². The van der Waals surface area contributed by atoms with E-state index in [2.05, 4.69) is 106 Å². The van der Waals surface area contributed by atoms with Crippen molar-refractivity contribution in [2.45, 2.75) is 2.87 Å². The van der Waals surface area contributed by atoms with Gasteiger partial charge in [-0.15, -0.1) is 0 Å². The van der Waals surface area contributed by atoms with Crippen LogP contribution >= 0.6 is 0 Å². The van der Waals surface area contributed by atoms with Gasteiger partial charge in [0.05, 0.1) is 0 Å². The summed E-state index contributed by atoms with van der Waals surface area (Å²) in [4.78, 5) is 0. The number of hydrogen-bond donors (Lipinski definition) is 0. The molecule has 0 saturated heterocycles. The molecule has 0 aliphatic rings. The van der Waals surface area contributed by atoms with Gasteiger partial charge in [0.25, 0.3) is 0 Å². The van der Waals surface area contributed by atoms with Gasteiger partial charge >= 0.3 is 109 Å². The van der Waals surface area contributed by atoms with Gasteiger partial charge in [0, 0.05) is 0 Å². The molecular weight excluding hydrogens is 65.7 g/mol. The van der Waals surface area contributed by atoms with Gasteiger partial charge in [0.1, 0.15) is 0 Å². The van der Waals surface area contributed by atoms with E-state index in [4.69, 9.17) is 0 Å². The zero-order valence-electron chi connectivity index (χ0n) is 7.00. The van der Waals surface area contributed by atoms with E-state index in [1.807, 2.05) is 0 Å². The molecule has 0 atom stereocenters. The maximum absolute atomic E-state index is 2.27. The second-order valence-electron chi connectivity index (χ2n) is 4.50. The van der Waals surface area contributed by atoms with Crippen LogP contribution in [0.1, 0.15) is 0 Å². The Kier molecular flexibility index (Phi) is 5.80. The molecule has 0 saturated carbocycles. The molecule has 0 aromatic heterocycles. The van der Waals surface area contributed by atoms with Crippen LogP contribution in [0.25, 0.3) is 0 Å². The second-order valence-corrected chi connectivity index (χ2v) is 4.50. The fourth-order valence-corrected chi connectivity index (χ4v) is 0. The first-order valence-electron chi connectivity index (χ1n) is 3.25. The van der Waals surface area contributed by atoms with Gasteiger partial charge in [-0.1, -0.05) is 0 Å². The summed E-state index contributed by atoms with van der Waals surface area (Å²) in [6, 6.07) is 0. The van der Waals surface area contributed by atoms with Crippen molar-refractivity contribution in [1.29, 1.82) is 0 Å². The normalized spacial score (nSPS) is 15.0. The van der Waals surface area contributed by atoms with E-state index in [1.165, 1.54) is 0 Å². The zero-order chi connectivity index (χ0) is 7.00. The van der Waals surface area contributed by atoms with E-state index in [9.17, 15) is 0 Å². The van der Waals surface area contributed by atoms with Gasteiger partial charge in [-0.3, -0.25) is 0 Å². The first-order chi connectivity index (χ1) is 3.25. The molecule has 0 amide bonds. The fourth-order valence-electron chi connectivity index (χ4n) is 0. The summed E-state index contributed by atoms with van der Waals surface area (Å²) in [5.74, 6) is 0. The van der Waals surface area contributed by atoms with Crippen LogP contribution in [-0.2, 0) is 0 Å². The summed E-state index contributed by atoms with van der Waals surface area (Å²) in [6.07, 6.45) is 0. The summed E-state index contributed by atoms with van der Waals surface area (Å²) in [5, 5.41) is 0. The first kappa shape index (κ1) is 11.6. The third-order valence-corrected chi connectivity index (χ3v) is 2.25. The summed E-state index contributed by atoms with van der Waals surface area (Å²) in [5.41, 5.74) is 0. The van der Waals surface area contributed by atoms with Crippen molar-refractivity contribution in [2.24, 2.45) is 0 Å². The number of rotatable bonds is 1. The standard InChI is InChI=1S/C2.6Li/c1-2;;;;;;. The van der Waals surface area contributed by atoms with Crippen LogP contribution in [0, 0.1) is 0 Å². The summed E-state index contributed by atoms with van der Waals surface area (Å²) in [6.45, 7) is 0. The average molecular weight is 65.7 g/mol. The van der Waals surface area contributed by atoms with Gasteiger partial charge in [-0.05, 0) is 0 Å². The molecule has 0 spiro atoms. The topological polar surface area (TPSA) is 0 Å². The van der Waals surface area contributed by atoms with Crippen molar-refractivity contribution in [1.82, 2.24) is 0 Å². The summed E-state index contributed by atoms with van der Waals surface area (Å²) < 4.78 is 0.875. The first-order valence-corrected chi connectivity index (χ1v) is 3.25. The maximum atomic E-state index is 2.27. The van der Waals surface area contributed by atoms with Crippen molar-refractivity contribution in [3.05, 3.63) is 0 Å². The predicted octanol–water partition coefficient (Wildman–Crippen LogP) is -1.86. The van der Waals surface area contributed by atoms with E-state index in [0.717, 1.165) is 0 Å². The predicted molar refractivity (Wildman–Crippen MR) is 39.9 cm³/mol. The molecule has 0 aromatic rings. The van der Waals surface area contributed by atoms with Gasteiger partial charge in [0.2, 0.25) is 0 Å². The van der Waals surface area contributed by atoms with E-state index in [1.54, 1.807) is 0 Å². The number of hydrogen-bond acceptors (Lipinski definition) is 0.